The Morgan fingerprint density at radius 3 is 2.30 bits per heavy atom. The van der Waals surface area contributed by atoms with Crippen molar-refractivity contribution in [1.29, 1.82) is 0 Å². The van der Waals surface area contributed by atoms with Crippen molar-refractivity contribution in [3.8, 4) is 16.9 Å². The average molecular weight is 489 g/mol. The summed E-state index contributed by atoms with van der Waals surface area (Å²) in [6, 6.07) is 3.99. The van der Waals surface area contributed by atoms with Gasteiger partial charge in [0.25, 0.3) is 0 Å². The highest BCUT2D eigenvalue weighted by molar-refractivity contribution is 7.80. The quantitative estimate of drug-likeness (QED) is 0.371. The van der Waals surface area contributed by atoms with Crippen molar-refractivity contribution in [2.45, 2.75) is 0 Å². The van der Waals surface area contributed by atoms with Gasteiger partial charge in [0.05, 0.1) is 20.8 Å². The molecular formula is C20H17Cl3FN3O2S. The Balaban J connectivity index is 1.94. The van der Waals surface area contributed by atoms with E-state index in [1.165, 1.54) is 24.3 Å². The number of piperazine rings is 1. The van der Waals surface area contributed by atoms with Crippen molar-refractivity contribution in [2.75, 3.05) is 31.9 Å². The molecule has 2 aromatic carbocycles. The van der Waals surface area contributed by atoms with E-state index in [-0.39, 0.29) is 49.1 Å². The van der Waals surface area contributed by atoms with E-state index in [1.54, 1.807) is 4.90 Å². The van der Waals surface area contributed by atoms with Gasteiger partial charge >= 0.3 is 0 Å². The second-order valence-corrected chi connectivity index (χ2v) is 8.22. The Hall–Kier alpha value is -2.06. The molecule has 0 saturated carbocycles. The molecule has 0 bridgehead atoms. The molecule has 0 radical (unpaired) electrons. The molecule has 0 atom stereocenters. The zero-order valence-electron chi connectivity index (χ0n) is 15.6. The van der Waals surface area contributed by atoms with Crippen LogP contribution in [-0.2, 0) is 4.79 Å². The van der Waals surface area contributed by atoms with E-state index in [0.717, 1.165) is 0 Å². The summed E-state index contributed by atoms with van der Waals surface area (Å²) in [7, 11) is 0. The summed E-state index contributed by atoms with van der Waals surface area (Å²) in [6.07, 6.45) is 1.26. The van der Waals surface area contributed by atoms with Crippen LogP contribution in [0.5, 0.6) is 5.75 Å². The summed E-state index contributed by atoms with van der Waals surface area (Å²) in [5, 5.41) is 10.0. The maximum absolute atomic E-state index is 15.2. The van der Waals surface area contributed by atoms with Gasteiger partial charge in [-0.15, -0.1) is 0 Å². The van der Waals surface area contributed by atoms with Crippen LogP contribution in [0.1, 0.15) is 5.56 Å². The monoisotopic (exact) mass is 487 g/mol. The molecule has 0 aliphatic carbocycles. The lowest BCUT2D eigenvalue weighted by Crippen LogP contribution is -2.50. The molecule has 0 spiro atoms. The second kappa shape index (κ2) is 8.98. The summed E-state index contributed by atoms with van der Waals surface area (Å²) in [6.45, 7) is 5.33. The van der Waals surface area contributed by atoms with Gasteiger partial charge in [0.15, 0.2) is 5.82 Å². The minimum Gasteiger partial charge on any atom is -0.506 e. The van der Waals surface area contributed by atoms with Crippen molar-refractivity contribution in [1.82, 2.24) is 9.80 Å². The number of anilines is 1. The molecule has 1 heterocycles. The molecular weight excluding hydrogens is 472 g/mol. The van der Waals surface area contributed by atoms with Crippen LogP contribution in [0, 0.1) is 5.82 Å². The number of halogens is 4. The van der Waals surface area contributed by atoms with Gasteiger partial charge in [-0.2, -0.15) is 0 Å². The summed E-state index contributed by atoms with van der Waals surface area (Å²) < 4.78 is 15.2. The molecule has 3 N–H and O–H groups in total. The highest BCUT2D eigenvalue weighted by atomic mass is 35.5. The van der Waals surface area contributed by atoms with E-state index in [9.17, 15) is 9.90 Å². The van der Waals surface area contributed by atoms with E-state index >= 15 is 4.39 Å². The summed E-state index contributed by atoms with van der Waals surface area (Å²) in [4.78, 5) is 15.6. The number of nitrogen functional groups attached to an aromatic ring is 1. The lowest BCUT2D eigenvalue weighted by Gasteiger charge is -2.36. The number of thiocarbonyl (C=S) groups is 1. The molecule has 3 rings (SSSR count). The number of nitrogens with two attached hydrogens (primary N) is 1. The molecule has 0 unspecified atom stereocenters. The van der Waals surface area contributed by atoms with Crippen LogP contribution in [0.4, 0.5) is 10.1 Å². The first kappa shape index (κ1) is 22.6. The number of benzene rings is 2. The second-order valence-electron chi connectivity index (χ2n) is 6.61. The van der Waals surface area contributed by atoms with Crippen LogP contribution < -0.4 is 5.73 Å². The standard InChI is InChI=1S/C20H17Cl3FN3O2S/c1-2-16(29)26-3-5-27(6-4-26)20(30)11-7-14(23)17(18(24)19(11)25)10-8-15(28)13(22)9-12(10)21/h2,7-9,28H,1,3-6,25H2. The van der Waals surface area contributed by atoms with Gasteiger partial charge in [0.2, 0.25) is 5.91 Å². The first-order valence-electron chi connectivity index (χ1n) is 8.82. The highest BCUT2D eigenvalue weighted by Crippen LogP contribution is 2.42. The van der Waals surface area contributed by atoms with Crippen LogP contribution in [0.3, 0.4) is 0 Å². The minimum absolute atomic E-state index is 0.0279. The fraction of sp³-hybridized carbons (Fsp3) is 0.200. The van der Waals surface area contributed by atoms with Crippen LogP contribution in [0.2, 0.25) is 15.1 Å². The molecule has 1 aliphatic rings. The first-order chi connectivity index (χ1) is 14.1. The summed E-state index contributed by atoms with van der Waals surface area (Å²) in [5.74, 6) is -1.22. The number of carbonyl (C=O) groups is 1. The van der Waals surface area contributed by atoms with E-state index in [4.69, 9.17) is 52.8 Å². The van der Waals surface area contributed by atoms with Gasteiger partial charge in [0.1, 0.15) is 10.7 Å². The van der Waals surface area contributed by atoms with Crippen molar-refractivity contribution >= 4 is 63.6 Å². The van der Waals surface area contributed by atoms with Gasteiger partial charge in [0, 0.05) is 42.9 Å². The Morgan fingerprint density at radius 2 is 1.70 bits per heavy atom. The number of rotatable bonds is 3. The Labute approximate surface area is 193 Å². The van der Waals surface area contributed by atoms with E-state index < -0.39 is 5.82 Å². The third-order valence-electron chi connectivity index (χ3n) is 4.85. The SMILES string of the molecule is C=CC(=O)N1CCN(C(=S)c2cc(Cl)c(-c3cc(O)c(Cl)cc3Cl)c(F)c2N)CC1. The Kier molecular flexibility index (Phi) is 6.77. The normalized spacial score (nSPS) is 14.0. The maximum atomic E-state index is 15.2. The third kappa shape index (κ3) is 4.21. The number of hydrogen-bond acceptors (Lipinski definition) is 4. The topological polar surface area (TPSA) is 69.8 Å². The average Bonchev–Trinajstić information content (AvgIpc) is 2.73. The fourth-order valence-electron chi connectivity index (χ4n) is 3.22. The highest BCUT2D eigenvalue weighted by Gasteiger charge is 2.26. The summed E-state index contributed by atoms with van der Waals surface area (Å²) >= 11 is 23.9. The minimum atomic E-state index is -0.802. The number of amides is 1. The number of hydrogen-bond donors (Lipinski definition) is 2. The number of phenolic OH excluding ortho intramolecular Hbond substituents is 1. The molecule has 158 valence electrons. The Morgan fingerprint density at radius 1 is 1.10 bits per heavy atom. The third-order valence-corrected chi connectivity index (χ3v) is 6.24. The fourth-order valence-corrected chi connectivity index (χ4v) is 4.34. The van der Waals surface area contributed by atoms with E-state index in [1.807, 2.05) is 4.90 Å². The zero-order chi connectivity index (χ0) is 22.2. The van der Waals surface area contributed by atoms with Gasteiger partial charge in [-0.1, -0.05) is 53.6 Å². The smallest absolute Gasteiger partial charge is 0.246 e. The van der Waals surface area contributed by atoms with Crippen LogP contribution in [0.25, 0.3) is 11.1 Å². The molecule has 1 saturated heterocycles. The predicted molar refractivity (Wildman–Crippen MR) is 123 cm³/mol. The molecule has 30 heavy (non-hydrogen) atoms. The van der Waals surface area contributed by atoms with Crippen LogP contribution in [-0.4, -0.2) is 52.0 Å². The zero-order valence-corrected chi connectivity index (χ0v) is 18.7. The molecule has 1 amide bonds. The number of aromatic hydroxyl groups is 1. The van der Waals surface area contributed by atoms with E-state index in [2.05, 4.69) is 6.58 Å². The lowest BCUT2D eigenvalue weighted by atomic mass is 10.00. The van der Waals surface area contributed by atoms with Gasteiger partial charge < -0.3 is 20.6 Å². The Bertz CT molecular complexity index is 1060. The molecule has 0 aromatic heterocycles. The first-order valence-corrected chi connectivity index (χ1v) is 10.4. The van der Waals surface area contributed by atoms with E-state index in [0.29, 0.717) is 31.2 Å². The number of phenols is 1. The summed E-state index contributed by atoms with van der Waals surface area (Å²) in [5.41, 5.74) is 6.24. The van der Waals surface area contributed by atoms with Gasteiger partial charge in [-0.05, 0) is 24.3 Å². The number of nitrogens with zero attached hydrogens (tertiary/aromatic N) is 2. The molecule has 2 aromatic rings. The molecule has 10 heteroatoms. The molecule has 1 aliphatic heterocycles. The lowest BCUT2D eigenvalue weighted by molar-refractivity contribution is -0.127. The molecule has 5 nitrogen and oxygen atoms in total. The van der Waals surface area contributed by atoms with Crippen molar-refractivity contribution < 1.29 is 14.3 Å². The van der Waals surface area contributed by atoms with Crippen molar-refractivity contribution in [3.63, 3.8) is 0 Å². The van der Waals surface area contributed by atoms with Crippen LogP contribution in [0.15, 0.2) is 30.9 Å². The van der Waals surface area contributed by atoms with Gasteiger partial charge in [-0.25, -0.2) is 4.39 Å². The maximum Gasteiger partial charge on any atom is 0.246 e. The van der Waals surface area contributed by atoms with Crippen molar-refractivity contribution in [3.05, 3.63) is 57.3 Å². The molecule has 1 fully saturated rings. The largest absolute Gasteiger partial charge is 0.506 e. The van der Waals surface area contributed by atoms with Gasteiger partial charge in [-0.3, -0.25) is 4.79 Å². The predicted octanol–water partition coefficient (Wildman–Crippen LogP) is 4.75. The number of carbonyl (C=O) groups excluding carboxylic acids is 1. The van der Waals surface area contributed by atoms with Crippen molar-refractivity contribution in [2.24, 2.45) is 0 Å². The van der Waals surface area contributed by atoms with Crippen LogP contribution >= 0.6 is 47.0 Å².